The molecule has 2 heterocycles. The van der Waals surface area contributed by atoms with Crippen LogP contribution in [0, 0.1) is 0 Å². The molecule has 1 amide bonds. The summed E-state index contributed by atoms with van der Waals surface area (Å²) in [7, 11) is 0. The normalized spacial score (nSPS) is 14.3. The van der Waals surface area contributed by atoms with Gasteiger partial charge < -0.3 is 20.7 Å². The number of aliphatic imine (C=N–C) groups is 1. The number of ether oxygens (including phenoxy) is 1. The third-order valence-corrected chi connectivity index (χ3v) is 4.90. The fourth-order valence-corrected chi connectivity index (χ4v) is 3.24. The summed E-state index contributed by atoms with van der Waals surface area (Å²) in [6.07, 6.45) is 2.26. The molecule has 32 heavy (non-hydrogen) atoms. The molecule has 2 aromatic rings. The number of pyridine rings is 1. The molecule has 1 aromatic carbocycles. The Kier molecular flexibility index (Phi) is 12.0. The standard InChI is InChI=1S/C23H32N6O2.HI/c1-2-24-23(27-18-21-7-3-4-10-25-21)26-17-19-6-5-8-20(16-19)28-22(30)9-11-29-12-14-31-15-13-29;/h3-8,10,16H,2,9,11-15,17-18H2,1H3,(H,28,30)(H2,24,26,27);1H. The number of morpholine rings is 1. The molecule has 9 heteroatoms. The molecule has 1 aliphatic rings. The van der Waals surface area contributed by atoms with Gasteiger partial charge in [-0.05, 0) is 36.8 Å². The molecule has 0 radical (unpaired) electrons. The molecule has 174 valence electrons. The van der Waals surface area contributed by atoms with Gasteiger partial charge in [0.15, 0.2) is 5.96 Å². The van der Waals surface area contributed by atoms with Gasteiger partial charge in [-0.1, -0.05) is 18.2 Å². The second kappa shape index (κ2) is 14.8. The van der Waals surface area contributed by atoms with Crippen LogP contribution in [0.5, 0.6) is 0 Å². The van der Waals surface area contributed by atoms with Crippen LogP contribution in [0.15, 0.2) is 53.7 Å². The van der Waals surface area contributed by atoms with Gasteiger partial charge in [-0.3, -0.25) is 14.7 Å². The predicted molar refractivity (Wildman–Crippen MR) is 138 cm³/mol. The van der Waals surface area contributed by atoms with Gasteiger partial charge in [0.05, 0.1) is 32.0 Å². The summed E-state index contributed by atoms with van der Waals surface area (Å²) in [5.41, 5.74) is 2.78. The minimum atomic E-state index is 0. The number of amides is 1. The van der Waals surface area contributed by atoms with Crippen molar-refractivity contribution in [2.75, 3.05) is 44.7 Å². The molecule has 0 unspecified atom stereocenters. The van der Waals surface area contributed by atoms with E-state index in [1.165, 1.54) is 0 Å². The zero-order valence-corrected chi connectivity index (χ0v) is 20.9. The molecule has 3 rings (SSSR count). The van der Waals surface area contributed by atoms with Crippen molar-refractivity contribution in [3.05, 3.63) is 59.9 Å². The van der Waals surface area contributed by atoms with Crippen LogP contribution in [0.25, 0.3) is 0 Å². The number of aromatic nitrogens is 1. The summed E-state index contributed by atoms with van der Waals surface area (Å²) >= 11 is 0. The maximum Gasteiger partial charge on any atom is 0.225 e. The zero-order valence-electron chi connectivity index (χ0n) is 18.5. The number of hydrogen-bond acceptors (Lipinski definition) is 5. The number of nitrogens with zero attached hydrogens (tertiary/aromatic N) is 3. The van der Waals surface area contributed by atoms with Crippen molar-refractivity contribution in [3.63, 3.8) is 0 Å². The Morgan fingerprint density at radius 3 is 2.75 bits per heavy atom. The zero-order chi connectivity index (χ0) is 21.7. The Bertz CT molecular complexity index is 843. The third-order valence-electron chi connectivity index (χ3n) is 4.90. The predicted octanol–water partition coefficient (Wildman–Crippen LogP) is 2.62. The molecule has 0 bridgehead atoms. The number of carbonyl (C=O) groups excluding carboxylic acids is 1. The van der Waals surface area contributed by atoms with E-state index in [1.54, 1.807) is 6.20 Å². The van der Waals surface area contributed by atoms with Gasteiger partial charge in [-0.25, -0.2) is 4.99 Å². The SMILES string of the molecule is CCNC(=NCc1cccc(NC(=O)CCN2CCOCC2)c1)NCc1ccccn1.I. The van der Waals surface area contributed by atoms with E-state index in [4.69, 9.17) is 4.74 Å². The molecule has 1 saturated heterocycles. The van der Waals surface area contributed by atoms with Crippen molar-refractivity contribution in [3.8, 4) is 0 Å². The lowest BCUT2D eigenvalue weighted by atomic mass is 10.2. The van der Waals surface area contributed by atoms with E-state index in [9.17, 15) is 4.79 Å². The number of hydrogen-bond donors (Lipinski definition) is 3. The summed E-state index contributed by atoms with van der Waals surface area (Å²) in [6.45, 7) is 7.95. The largest absolute Gasteiger partial charge is 0.379 e. The summed E-state index contributed by atoms with van der Waals surface area (Å²) in [5.74, 6) is 0.755. The quantitative estimate of drug-likeness (QED) is 0.252. The van der Waals surface area contributed by atoms with E-state index in [1.807, 2.05) is 49.4 Å². The van der Waals surface area contributed by atoms with Gasteiger partial charge in [0.2, 0.25) is 5.91 Å². The van der Waals surface area contributed by atoms with Crippen molar-refractivity contribution in [1.29, 1.82) is 0 Å². The Morgan fingerprint density at radius 2 is 2.00 bits per heavy atom. The minimum absolute atomic E-state index is 0. The first-order valence-corrected chi connectivity index (χ1v) is 10.8. The second-order valence-electron chi connectivity index (χ2n) is 7.32. The van der Waals surface area contributed by atoms with E-state index in [0.717, 1.165) is 62.3 Å². The minimum Gasteiger partial charge on any atom is -0.379 e. The fraction of sp³-hybridized carbons (Fsp3) is 0.435. The molecule has 0 aliphatic carbocycles. The Hall–Kier alpha value is -2.24. The van der Waals surface area contributed by atoms with Gasteiger partial charge >= 0.3 is 0 Å². The summed E-state index contributed by atoms with van der Waals surface area (Å²) in [6, 6.07) is 13.7. The van der Waals surface area contributed by atoms with Gasteiger partial charge in [-0.2, -0.15) is 0 Å². The van der Waals surface area contributed by atoms with Crippen molar-refractivity contribution in [1.82, 2.24) is 20.5 Å². The molecule has 0 spiro atoms. The molecule has 1 fully saturated rings. The average Bonchev–Trinajstić information content (AvgIpc) is 2.81. The summed E-state index contributed by atoms with van der Waals surface area (Å²) < 4.78 is 5.34. The van der Waals surface area contributed by atoms with Crippen molar-refractivity contribution in [2.45, 2.75) is 26.4 Å². The van der Waals surface area contributed by atoms with Crippen molar-refractivity contribution < 1.29 is 9.53 Å². The Labute approximate surface area is 207 Å². The maximum atomic E-state index is 12.3. The van der Waals surface area contributed by atoms with Crippen LogP contribution < -0.4 is 16.0 Å². The molecule has 1 aliphatic heterocycles. The van der Waals surface area contributed by atoms with Crippen LogP contribution in [0.2, 0.25) is 0 Å². The Balaban J connectivity index is 0.00000363. The number of carbonyl (C=O) groups is 1. The van der Waals surface area contributed by atoms with Gasteiger partial charge in [-0.15, -0.1) is 24.0 Å². The average molecular weight is 552 g/mol. The van der Waals surface area contributed by atoms with E-state index in [0.29, 0.717) is 19.5 Å². The number of halogens is 1. The fourth-order valence-electron chi connectivity index (χ4n) is 3.24. The first-order chi connectivity index (χ1) is 15.2. The monoisotopic (exact) mass is 552 g/mol. The van der Waals surface area contributed by atoms with Crippen LogP contribution in [0.1, 0.15) is 24.6 Å². The number of rotatable bonds is 9. The van der Waals surface area contributed by atoms with E-state index in [2.05, 4.69) is 30.8 Å². The van der Waals surface area contributed by atoms with E-state index < -0.39 is 0 Å². The van der Waals surface area contributed by atoms with Gasteiger partial charge in [0.25, 0.3) is 0 Å². The first kappa shape index (κ1) is 26.0. The molecule has 0 saturated carbocycles. The lowest BCUT2D eigenvalue weighted by Crippen LogP contribution is -2.38. The van der Waals surface area contributed by atoms with Crippen LogP contribution in [-0.2, 0) is 22.6 Å². The highest BCUT2D eigenvalue weighted by Gasteiger charge is 2.12. The Morgan fingerprint density at radius 1 is 1.16 bits per heavy atom. The van der Waals surface area contributed by atoms with Gasteiger partial charge in [0.1, 0.15) is 0 Å². The van der Waals surface area contributed by atoms with Gasteiger partial charge in [0, 0.05) is 44.5 Å². The van der Waals surface area contributed by atoms with Crippen LogP contribution in [0.3, 0.4) is 0 Å². The highest BCUT2D eigenvalue weighted by molar-refractivity contribution is 14.0. The molecular formula is C23H33IN6O2. The van der Waals surface area contributed by atoms with E-state index >= 15 is 0 Å². The summed E-state index contributed by atoms with van der Waals surface area (Å²) in [5, 5.41) is 9.54. The van der Waals surface area contributed by atoms with Crippen LogP contribution >= 0.6 is 24.0 Å². The third kappa shape index (κ3) is 9.49. The molecule has 3 N–H and O–H groups in total. The molecule has 8 nitrogen and oxygen atoms in total. The maximum absolute atomic E-state index is 12.3. The van der Waals surface area contributed by atoms with Crippen molar-refractivity contribution >= 4 is 41.5 Å². The van der Waals surface area contributed by atoms with Crippen LogP contribution in [0.4, 0.5) is 5.69 Å². The highest BCUT2D eigenvalue weighted by Crippen LogP contribution is 2.12. The lowest BCUT2D eigenvalue weighted by Gasteiger charge is -2.26. The number of guanidine groups is 1. The number of benzene rings is 1. The lowest BCUT2D eigenvalue weighted by molar-refractivity contribution is -0.116. The molecule has 1 aromatic heterocycles. The summed E-state index contributed by atoms with van der Waals surface area (Å²) in [4.78, 5) is 23.5. The second-order valence-corrected chi connectivity index (χ2v) is 7.32. The smallest absolute Gasteiger partial charge is 0.225 e. The van der Waals surface area contributed by atoms with Crippen molar-refractivity contribution in [2.24, 2.45) is 4.99 Å². The highest BCUT2D eigenvalue weighted by atomic mass is 127. The molecule has 0 atom stereocenters. The van der Waals surface area contributed by atoms with E-state index in [-0.39, 0.29) is 29.9 Å². The number of anilines is 1. The molecular weight excluding hydrogens is 519 g/mol. The number of nitrogens with one attached hydrogen (secondary N) is 3. The van der Waals surface area contributed by atoms with Crippen LogP contribution in [-0.4, -0.2) is 61.1 Å². The topological polar surface area (TPSA) is 90.9 Å². The first-order valence-electron chi connectivity index (χ1n) is 10.8.